The fraction of sp³-hybridized carbons (Fsp3) is 0.296. The van der Waals surface area contributed by atoms with E-state index in [2.05, 4.69) is 36.3 Å². The molecule has 0 spiro atoms. The predicted molar refractivity (Wildman–Crippen MR) is 131 cm³/mol. The van der Waals surface area contributed by atoms with Crippen molar-refractivity contribution in [1.82, 2.24) is 14.7 Å². The Morgan fingerprint density at radius 2 is 1.70 bits per heavy atom. The second-order valence-corrected chi connectivity index (χ2v) is 8.95. The molecule has 0 aliphatic carbocycles. The maximum Gasteiger partial charge on any atom is 0.246 e. The second-order valence-electron chi connectivity index (χ2n) is 8.60. The number of aryl methyl sites for hydroxylation is 2. The van der Waals surface area contributed by atoms with E-state index in [4.69, 9.17) is 11.6 Å². The van der Waals surface area contributed by atoms with Crippen molar-refractivity contribution >= 4 is 29.4 Å². The molecule has 2 heterocycles. The molecule has 0 radical (unpaired) electrons. The van der Waals surface area contributed by atoms with Crippen LogP contribution in [0.2, 0.25) is 5.15 Å². The minimum Gasteiger partial charge on any atom is -0.339 e. The van der Waals surface area contributed by atoms with Crippen LogP contribution < -0.4 is 0 Å². The lowest BCUT2D eigenvalue weighted by molar-refractivity contribution is -0.127. The summed E-state index contributed by atoms with van der Waals surface area (Å²) in [5, 5.41) is 5.07. The minimum atomic E-state index is -0.0673. The Morgan fingerprint density at radius 1 is 1.03 bits per heavy atom. The van der Waals surface area contributed by atoms with E-state index in [-0.39, 0.29) is 17.6 Å². The molecule has 1 aromatic heterocycles. The minimum absolute atomic E-state index is 0.0304. The summed E-state index contributed by atoms with van der Waals surface area (Å²) < 4.78 is 1.76. The lowest BCUT2D eigenvalue weighted by Crippen LogP contribution is -2.39. The number of Topliss-reactive ketones (excluding diaryl/α,β-unsaturated/α-hetero) is 1. The number of carbonyl (C=O) groups is 2. The molecule has 0 unspecified atom stereocenters. The molecule has 5 nitrogen and oxygen atoms in total. The molecule has 1 fully saturated rings. The van der Waals surface area contributed by atoms with E-state index < -0.39 is 0 Å². The standard InChI is InChI=1S/C27H28ClN3O2/c1-19-8-10-21(11-9-19)18-31-27(28)24(20(2)29-31)12-13-25(32)30-16-14-23(15-17-30)26(33)22-6-4-3-5-7-22/h3-13,23H,14-18H2,1-2H3/b13-12+. The molecule has 2 aromatic carbocycles. The highest BCUT2D eigenvalue weighted by Gasteiger charge is 2.27. The fourth-order valence-electron chi connectivity index (χ4n) is 4.19. The molecule has 4 rings (SSSR count). The number of carbonyl (C=O) groups excluding carboxylic acids is 2. The van der Waals surface area contributed by atoms with Crippen molar-refractivity contribution in [2.45, 2.75) is 33.2 Å². The number of likely N-dealkylation sites (tertiary alicyclic amines) is 1. The highest BCUT2D eigenvalue weighted by Crippen LogP contribution is 2.24. The summed E-state index contributed by atoms with van der Waals surface area (Å²) in [7, 11) is 0. The Bertz CT molecular complexity index is 1160. The molecule has 0 atom stereocenters. The van der Waals surface area contributed by atoms with Gasteiger partial charge in [-0.25, -0.2) is 4.68 Å². The first-order valence-corrected chi connectivity index (χ1v) is 11.6. The van der Waals surface area contributed by atoms with Crippen molar-refractivity contribution in [3.8, 4) is 0 Å². The van der Waals surface area contributed by atoms with Gasteiger partial charge in [0.15, 0.2) is 5.78 Å². The summed E-state index contributed by atoms with van der Waals surface area (Å²) >= 11 is 6.58. The van der Waals surface area contributed by atoms with Gasteiger partial charge in [-0.05, 0) is 38.3 Å². The number of rotatable bonds is 6. The van der Waals surface area contributed by atoms with Gasteiger partial charge in [-0.1, -0.05) is 71.8 Å². The van der Waals surface area contributed by atoms with Crippen LogP contribution in [0.4, 0.5) is 0 Å². The van der Waals surface area contributed by atoms with Gasteiger partial charge in [0.05, 0.1) is 12.2 Å². The lowest BCUT2D eigenvalue weighted by Gasteiger charge is -2.30. The van der Waals surface area contributed by atoms with Gasteiger partial charge < -0.3 is 4.90 Å². The highest BCUT2D eigenvalue weighted by atomic mass is 35.5. The molecule has 170 valence electrons. The SMILES string of the molecule is Cc1ccc(Cn2nc(C)c(/C=C/C(=O)N3CCC(C(=O)c4ccccc4)CC3)c2Cl)cc1. The summed E-state index contributed by atoms with van der Waals surface area (Å²) in [6.45, 7) is 5.67. The van der Waals surface area contributed by atoms with E-state index in [9.17, 15) is 9.59 Å². The highest BCUT2D eigenvalue weighted by molar-refractivity contribution is 6.31. The van der Waals surface area contributed by atoms with Crippen molar-refractivity contribution in [3.63, 3.8) is 0 Å². The Hall–Kier alpha value is -3.18. The zero-order valence-corrected chi connectivity index (χ0v) is 19.8. The van der Waals surface area contributed by atoms with Crippen LogP contribution in [-0.2, 0) is 11.3 Å². The first-order chi connectivity index (χ1) is 15.9. The molecule has 1 aliphatic heterocycles. The van der Waals surface area contributed by atoms with Gasteiger partial charge in [0.1, 0.15) is 5.15 Å². The molecule has 3 aromatic rings. The van der Waals surface area contributed by atoms with Crippen LogP contribution in [0.1, 0.15) is 45.6 Å². The van der Waals surface area contributed by atoms with Gasteiger partial charge in [0.25, 0.3) is 0 Å². The number of piperidine rings is 1. The summed E-state index contributed by atoms with van der Waals surface area (Å²) in [4.78, 5) is 27.2. The smallest absolute Gasteiger partial charge is 0.246 e. The topological polar surface area (TPSA) is 55.2 Å². The van der Waals surface area contributed by atoms with Gasteiger partial charge in [0, 0.05) is 36.2 Å². The Kier molecular flexibility index (Phi) is 7.09. The number of halogens is 1. The summed E-state index contributed by atoms with van der Waals surface area (Å²) in [6.07, 6.45) is 4.68. The van der Waals surface area contributed by atoms with E-state index >= 15 is 0 Å². The maximum absolute atomic E-state index is 12.8. The first kappa shape index (κ1) is 23.0. The van der Waals surface area contributed by atoms with Crippen molar-refractivity contribution in [2.24, 2.45) is 5.92 Å². The van der Waals surface area contributed by atoms with Gasteiger partial charge >= 0.3 is 0 Å². The number of amides is 1. The third-order valence-corrected chi connectivity index (χ3v) is 6.59. The van der Waals surface area contributed by atoms with Crippen LogP contribution in [-0.4, -0.2) is 39.5 Å². The molecule has 0 bridgehead atoms. The maximum atomic E-state index is 12.8. The predicted octanol–water partition coefficient (Wildman–Crippen LogP) is 5.34. The van der Waals surface area contributed by atoms with E-state index in [0.717, 1.165) is 22.4 Å². The molecule has 0 N–H and O–H groups in total. The zero-order chi connectivity index (χ0) is 23.4. The largest absolute Gasteiger partial charge is 0.339 e. The van der Waals surface area contributed by atoms with Crippen LogP contribution in [0.25, 0.3) is 6.08 Å². The molecule has 1 amide bonds. The van der Waals surface area contributed by atoms with Gasteiger partial charge in [-0.15, -0.1) is 0 Å². The molecule has 6 heteroatoms. The van der Waals surface area contributed by atoms with E-state index in [1.807, 2.05) is 37.3 Å². The number of nitrogens with zero attached hydrogens (tertiary/aromatic N) is 3. The summed E-state index contributed by atoms with van der Waals surface area (Å²) in [5.74, 6) is 0.0705. The molecule has 33 heavy (non-hydrogen) atoms. The van der Waals surface area contributed by atoms with E-state index in [1.54, 1.807) is 21.7 Å². The number of hydrogen-bond donors (Lipinski definition) is 0. The van der Waals surface area contributed by atoms with Crippen LogP contribution in [0.3, 0.4) is 0 Å². The van der Waals surface area contributed by atoms with Crippen LogP contribution in [0.15, 0.2) is 60.7 Å². The van der Waals surface area contributed by atoms with Gasteiger partial charge in [0.2, 0.25) is 5.91 Å². The molecular weight excluding hydrogens is 434 g/mol. The Labute approximate surface area is 199 Å². The van der Waals surface area contributed by atoms with Gasteiger partial charge in [-0.2, -0.15) is 5.10 Å². The van der Waals surface area contributed by atoms with Gasteiger partial charge in [-0.3, -0.25) is 9.59 Å². The average molecular weight is 462 g/mol. The van der Waals surface area contributed by atoms with E-state index in [1.165, 1.54) is 5.56 Å². The average Bonchev–Trinajstić information content (AvgIpc) is 3.11. The Balaban J connectivity index is 1.36. The third-order valence-electron chi connectivity index (χ3n) is 6.19. The Morgan fingerprint density at radius 3 is 2.36 bits per heavy atom. The first-order valence-electron chi connectivity index (χ1n) is 11.3. The molecular formula is C27H28ClN3O2. The van der Waals surface area contributed by atoms with Crippen LogP contribution in [0, 0.1) is 19.8 Å². The monoisotopic (exact) mass is 461 g/mol. The van der Waals surface area contributed by atoms with Crippen molar-refractivity contribution < 1.29 is 9.59 Å². The number of benzene rings is 2. The molecule has 1 saturated heterocycles. The van der Waals surface area contributed by atoms with Crippen LogP contribution >= 0.6 is 11.6 Å². The third kappa shape index (κ3) is 5.42. The normalized spacial score (nSPS) is 14.7. The number of hydrogen-bond acceptors (Lipinski definition) is 3. The number of ketones is 1. The summed E-state index contributed by atoms with van der Waals surface area (Å²) in [5.41, 5.74) is 4.60. The van der Waals surface area contributed by atoms with E-state index in [0.29, 0.717) is 37.6 Å². The zero-order valence-electron chi connectivity index (χ0n) is 19.0. The summed E-state index contributed by atoms with van der Waals surface area (Å²) in [6, 6.07) is 17.6. The van der Waals surface area contributed by atoms with Crippen molar-refractivity contribution in [3.05, 3.63) is 93.8 Å². The molecule has 1 aliphatic rings. The fourth-order valence-corrected chi connectivity index (χ4v) is 4.49. The van der Waals surface area contributed by atoms with Crippen molar-refractivity contribution in [1.29, 1.82) is 0 Å². The van der Waals surface area contributed by atoms with Crippen LogP contribution in [0.5, 0.6) is 0 Å². The quantitative estimate of drug-likeness (QED) is 0.368. The molecule has 0 saturated carbocycles. The second kappa shape index (κ2) is 10.2. The van der Waals surface area contributed by atoms with Crippen molar-refractivity contribution in [2.75, 3.05) is 13.1 Å². The number of aromatic nitrogens is 2. The lowest BCUT2D eigenvalue weighted by atomic mass is 9.89.